The first-order valence-electron chi connectivity index (χ1n) is 7.68. The molecule has 0 radical (unpaired) electrons. The molecule has 2 aromatic rings. The third-order valence-corrected chi connectivity index (χ3v) is 4.82. The number of hydrogen-bond acceptors (Lipinski definition) is 5. The van der Waals surface area contributed by atoms with Crippen molar-refractivity contribution in [3.05, 3.63) is 46.3 Å². The fourth-order valence-electron chi connectivity index (χ4n) is 2.24. The molecule has 0 saturated carbocycles. The number of benzene rings is 1. The molecule has 6 heteroatoms. The molecule has 1 amide bonds. The summed E-state index contributed by atoms with van der Waals surface area (Å²) in [7, 11) is 1.33. The van der Waals surface area contributed by atoms with Gasteiger partial charge in [-0.25, -0.2) is 4.79 Å². The Morgan fingerprint density at radius 3 is 2.46 bits per heavy atom. The fourth-order valence-corrected chi connectivity index (χ4v) is 3.29. The predicted octanol–water partition coefficient (Wildman–Crippen LogP) is 3.95. The molecule has 1 aromatic heterocycles. The monoisotopic (exact) mass is 347 g/mol. The number of carbonyl (C=O) groups excluding carboxylic acids is 2. The van der Waals surface area contributed by atoms with E-state index in [0.717, 1.165) is 10.4 Å². The summed E-state index contributed by atoms with van der Waals surface area (Å²) in [5, 5.41) is 3.31. The Bertz CT molecular complexity index is 724. The molecule has 0 saturated heterocycles. The lowest BCUT2D eigenvalue weighted by Crippen LogP contribution is -2.32. The number of carbonyl (C=O) groups is 2. The van der Waals surface area contributed by atoms with Crippen molar-refractivity contribution in [2.24, 2.45) is 0 Å². The molecule has 0 aliphatic carbocycles. The highest BCUT2D eigenvalue weighted by atomic mass is 32.1. The zero-order valence-corrected chi connectivity index (χ0v) is 15.0. The normalized spacial score (nSPS) is 11.7. The first-order chi connectivity index (χ1) is 11.5. The maximum Gasteiger partial charge on any atom is 0.341 e. The van der Waals surface area contributed by atoms with E-state index in [1.165, 1.54) is 18.4 Å². The van der Waals surface area contributed by atoms with Gasteiger partial charge in [0, 0.05) is 4.88 Å². The molecule has 128 valence electrons. The molecular weight excluding hydrogens is 326 g/mol. The molecule has 1 N–H and O–H groups in total. The van der Waals surface area contributed by atoms with Crippen LogP contribution in [-0.4, -0.2) is 25.1 Å². The van der Waals surface area contributed by atoms with E-state index in [2.05, 4.69) is 5.32 Å². The van der Waals surface area contributed by atoms with E-state index in [-0.39, 0.29) is 5.91 Å². The molecule has 1 heterocycles. The van der Waals surface area contributed by atoms with Crippen molar-refractivity contribution < 1.29 is 19.1 Å². The van der Waals surface area contributed by atoms with Crippen LogP contribution in [0, 0.1) is 13.8 Å². The van der Waals surface area contributed by atoms with Crippen LogP contribution in [0.2, 0.25) is 0 Å². The smallest absolute Gasteiger partial charge is 0.341 e. The van der Waals surface area contributed by atoms with Gasteiger partial charge in [-0.3, -0.25) is 4.79 Å². The van der Waals surface area contributed by atoms with Crippen molar-refractivity contribution in [3.8, 4) is 5.75 Å². The van der Waals surface area contributed by atoms with Gasteiger partial charge in [0.15, 0.2) is 6.10 Å². The van der Waals surface area contributed by atoms with Crippen molar-refractivity contribution in [2.45, 2.75) is 33.3 Å². The van der Waals surface area contributed by atoms with Gasteiger partial charge in [-0.15, -0.1) is 11.3 Å². The number of anilines is 1. The second-order valence-electron chi connectivity index (χ2n) is 5.30. The van der Waals surface area contributed by atoms with Crippen molar-refractivity contribution in [2.75, 3.05) is 12.4 Å². The van der Waals surface area contributed by atoms with Gasteiger partial charge in [-0.1, -0.05) is 25.1 Å². The summed E-state index contributed by atoms with van der Waals surface area (Å²) >= 11 is 1.36. The summed E-state index contributed by atoms with van der Waals surface area (Å²) in [6, 6.07) is 9.18. The Balaban J connectivity index is 2.19. The van der Waals surface area contributed by atoms with Crippen LogP contribution >= 0.6 is 11.3 Å². The Labute approximate surface area is 145 Å². The van der Waals surface area contributed by atoms with Crippen molar-refractivity contribution in [1.82, 2.24) is 0 Å². The molecule has 0 fully saturated rings. The molecule has 1 aromatic carbocycles. The number of amides is 1. The second kappa shape index (κ2) is 7.97. The van der Waals surface area contributed by atoms with E-state index < -0.39 is 12.1 Å². The van der Waals surface area contributed by atoms with Gasteiger partial charge in [0.2, 0.25) is 0 Å². The number of nitrogens with one attached hydrogen (secondary N) is 1. The topological polar surface area (TPSA) is 64.6 Å². The Kier molecular flexibility index (Phi) is 5.98. The quantitative estimate of drug-likeness (QED) is 0.804. The van der Waals surface area contributed by atoms with Crippen molar-refractivity contribution in [1.29, 1.82) is 0 Å². The number of rotatable bonds is 6. The number of ether oxygens (including phenoxy) is 2. The maximum atomic E-state index is 12.6. The third kappa shape index (κ3) is 3.94. The van der Waals surface area contributed by atoms with Gasteiger partial charge in [0.1, 0.15) is 10.8 Å². The van der Waals surface area contributed by atoms with E-state index in [9.17, 15) is 9.59 Å². The summed E-state index contributed by atoms with van der Waals surface area (Å²) in [6.07, 6.45) is -0.127. The van der Waals surface area contributed by atoms with Gasteiger partial charge in [0.25, 0.3) is 5.91 Å². The number of hydrogen-bond donors (Lipinski definition) is 1. The summed E-state index contributed by atoms with van der Waals surface area (Å²) < 4.78 is 10.6. The Morgan fingerprint density at radius 1 is 1.21 bits per heavy atom. The molecule has 0 spiro atoms. The largest absolute Gasteiger partial charge is 0.481 e. The molecule has 5 nitrogen and oxygen atoms in total. The van der Waals surface area contributed by atoms with Crippen LogP contribution in [0.15, 0.2) is 30.3 Å². The van der Waals surface area contributed by atoms with Crippen LogP contribution in [0.4, 0.5) is 5.00 Å². The number of esters is 1. The van der Waals surface area contributed by atoms with Crippen molar-refractivity contribution >= 4 is 28.2 Å². The average molecular weight is 347 g/mol. The summed E-state index contributed by atoms with van der Waals surface area (Å²) in [5.74, 6) is -0.108. The highest BCUT2D eigenvalue weighted by molar-refractivity contribution is 7.16. The van der Waals surface area contributed by atoms with Crippen LogP contribution in [0.5, 0.6) is 5.75 Å². The van der Waals surface area contributed by atoms with Gasteiger partial charge >= 0.3 is 5.97 Å². The SMILES string of the molecule is CCC(Oc1ccccc1)C(=O)Nc1sc(C)c(C)c1C(=O)OC. The van der Waals surface area contributed by atoms with E-state index in [1.54, 1.807) is 12.1 Å². The van der Waals surface area contributed by atoms with E-state index in [0.29, 0.717) is 22.7 Å². The molecule has 1 unspecified atom stereocenters. The maximum absolute atomic E-state index is 12.6. The lowest BCUT2D eigenvalue weighted by Gasteiger charge is -2.17. The summed E-state index contributed by atoms with van der Waals surface area (Å²) in [6.45, 7) is 5.62. The highest BCUT2D eigenvalue weighted by Gasteiger charge is 2.25. The summed E-state index contributed by atoms with van der Waals surface area (Å²) in [5.41, 5.74) is 1.22. The van der Waals surface area contributed by atoms with E-state index >= 15 is 0 Å². The average Bonchev–Trinajstić information content (AvgIpc) is 2.86. The zero-order valence-electron chi connectivity index (χ0n) is 14.2. The molecule has 1 atom stereocenters. The number of aryl methyl sites for hydroxylation is 1. The van der Waals surface area contributed by atoms with Crippen LogP contribution < -0.4 is 10.1 Å². The zero-order chi connectivity index (χ0) is 17.7. The molecule has 0 aliphatic heterocycles. The molecule has 0 aliphatic rings. The van der Waals surface area contributed by atoms with Crippen LogP contribution in [0.1, 0.15) is 34.1 Å². The minimum Gasteiger partial charge on any atom is -0.481 e. The molecular formula is C18H21NO4S. The van der Waals surface area contributed by atoms with Crippen LogP contribution in [0.3, 0.4) is 0 Å². The fraction of sp³-hybridized carbons (Fsp3) is 0.333. The van der Waals surface area contributed by atoms with Gasteiger partial charge in [-0.05, 0) is 38.0 Å². The highest BCUT2D eigenvalue weighted by Crippen LogP contribution is 2.33. The third-order valence-electron chi connectivity index (χ3n) is 3.70. The van der Waals surface area contributed by atoms with Crippen molar-refractivity contribution in [3.63, 3.8) is 0 Å². The minimum atomic E-state index is -0.638. The lowest BCUT2D eigenvalue weighted by atomic mass is 10.1. The standard InChI is InChI=1S/C18H21NO4S/c1-5-14(23-13-9-7-6-8-10-13)16(20)19-17-15(18(21)22-4)11(2)12(3)24-17/h6-10,14H,5H2,1-4H3,(H,19,20). The minimum absolute atomic E-state index is 0.284. The Hall–Kier alpha value is -2.34. The van der Waals surface area contributed by atoms with Gasteiger partial charge in [-0.2, -0.15) is 0 Å². The first kappa shape index (κ1) is 18.0. The molecule has 0 bridgehead atoms. The molecule has 24 heavy (non-hydrogen) atoms. The Morgan fingerprint density at radius 2 is 1.88 bits per heavy atom. The summed E-state index contributed by atoms with van der Waals surface area (Å²) in [4.78, 5) is 25.5. The number of para-hydroxylation sites is 1. The second-order valence-corrected chi connectivity index (χ2v) is 6.52. The van der Waals surface area contributed by atoms with Crippen LogP contribution in [0.25, 0.3) is 0 Å². The first-order valence-corrected chi connectivity index (χ1v) is 8.50. The van der Waals surface area contributed by atoms with Gasteiger partial charge in [0.05, 0.1) is 12.7 Å². The number of thiophene rings is 1. The van der Waals surface area contributed by atoms with E-state index in [1.807, 2.05) is 39.0 Å². The molecule has 2 rings (SSSR count). The predicted molar refractivity (Wildman–Crippen MR) is 94.9 cm³/mol. The number of methoxy groups -OCH3 is 1. The van der Waals surface area contributed by atoms with Gasteiger partial charge < -0.3 is 14.8 Å². The van der Waals surface area contributed by atoms with Crippen LogP contribution in [-0.2, 0) is 9.53 Å². The lowest BCUT2D eigenvalue weighted by molar-refractivity contribution is -0.122. The van der Waals surface area contributed by atoms with E-state index in [4.69, 9.17) is 9.47 Å².